The molecule has 0 heterocycles. The van der Waals surface area contributed by atoms with Gasteiger partial charge in [-0.3, -0.25) is 4.79 Å². The normalized spacial score (nSPS) is 11.1. The molecule has 0 radical (unpaired) electrons. The van der Waals surface area contributed by atoms with E-state index in [0.29, 0.717) is 28.7 Å². The summed E-state index contributed by atoms with van der Waals surface area (Å²) in [6.45, 7) is 1.25. The van der Waals surface area contributed by atoms with Crippen molar-refractivity contribution in [2.45, 2.75) is 0 Å². The molecule has 0 saturated heterocycles. The van der Waals surface area contributed by atoms with Crippen LogP contribution in [0.3, 0.4) is 0 Å². The first kappa shape index (κ1) is 22.6. The molecular weight excluding hydrogens is 410 g/mol. The van der Waals surface area contributed by atoms with Crippen molar-refractivity contribution in [1.29, 1.82) is 0 Å². The summed E-state index contributed by atoms with van der Waals surface area (Å²) in [5.74, 6) is 1.09. The number of hydrogen-bond donors (Lipinski definition) is 0. The Balaban J connectivity index is 1.90. The molecule has 0 fully saturated rings. The molecular formula is C26H26ClNO3. The Labute approximate surface area is 188 Å². The van der Waals surface area contributed by atoms with E-state index in [0.717, 1.165) is 23.2 Å². The number of ketones is 1. The van der Waals surface area contributed by atoms with E-state index in [1.54, 1.807) is 19.3 Å². The van der Waals surface area contributed by atoms with Gasteiger partial charge >= 0.3 is 0 Å². The van der Waals surface area contributed by atoms with Crippen LogP contribution in [0, 0.1) is 0 Å². The molecule has 3 aromatic rings. The number of rotatable bonds is 9. The number of benzene rings is 3. The molecule has 0 aliphatic rings. The summed E-state index contributed by atoms with van der Waals surface area (Å²) in [6, 6.07) is 21.0. The molecule has 0 unspecified atom stereocenters. The predicted molar refractivity (Wildman–Crippen MR) is 127 cm³/mol. The minimum Gasteiger partial charge on any atom is -0.497 e. The molecule has 0 saturated carbocycles. The molecule has 0 bridgehead atoms. The van der Waals surface area contributed by atoms with Crippen molar-refractivity contribution in [3.63, 3.8) is 0 Å². The third-order valence-corrected chi connectivity index (χ3v) is 5.10. The van der Waals surface area contributed by atoms with Crippen molar-refractivity contribution in [1.82, 2.24) is 4.90 Å². The van der Waals surface area contributed by atoms with Gasteiger partial charge in [0.05, 0.1) is 17.7 Å². The van der Waals surface area contributed by atoms with E-state index in [-0.39, 0.29) is 5.78 Å². The lowest BCUT2D eigenvalue weighted by Gasteiger charge is -2.14. The highest BCUT2D eigenvalue weighted by atomic mass is 35.5. The largest absolute Gasteiger partial charge is 0.497 e. The Bertz CT molecular complexity index is 1060. The van der Waals surface area contributed by atoms with Gasteiger partial charge < -0.3 is 14.4 Å². The maximum absolute atomic E-state index is 13.1. The number of likely N-dealkylation sites (N-methyl/N-ethyl adjacent to an activating group) is 1. The van der Waals surface area contributed by atoms with Crippen molar-refractivity contribution in [2.75, 3.05) is 34.4 Å². The van der Waals surface area contributed by atoms with Crippen molar-refractivity contribution in [3.8, 4) is 22.6 Å². The van der Waals surface area contributed by atoms with Crippen LogP contribution in [0.2, 0.25) is 5.02 Å². The quantitative estimate of drug-likeness (QED) is 0.312. The summed E-state index contributed by atoms with van der Waals surface area (Å²) in [5.41, 5.74) is 3.25. The van der Waals surface area contributed by atoms with Gasteiger partial charge in [-0.2, -0.15) is 0 Å². The monoisotopic (exact) mass is 435 g/mol. The molecule has 5 heteroatoms. The zero-order chi connectivity index (χ0) is 22.2. The summed E-state index contributed by atoms with van der Waals surface area (Å²) in [6.07, 6.45) is 3.24. The van der Waals surface area contributed by atoms with Crippen LogP contribution in [0.1, 0.15) is 15.9 Å². The Hall–Kier alpha value is -3.08. The number of carbonyl (C=O) groups is 1. The third-order valence-electron chi connectivity index (χ3n) is 4.77. The molecule has 0 aliphatic heterocycles. The van der Waals surface area contributed by atoms with E-state index in [9.17, 15) is 4.79 Å². The first-order valence-electron chi connectivity index (χ1n) is 10.0. The lowest BCUT2D eigenvalue weighted by molar-refractivity contribution is 0.104. The molecule has 0 amide bonds. The zero-order valence-electron chi connectivity index (χ0n) is 18.0. The van der Waals surface area contributed by atoms with E-state index >= 15 is 0 Å². The fraction of sp³-hybridized carbons (Fsp3) is 0.192. The van der Waals surface area contributed by atoms with Crippen molar-refractivity contribution in [2.24, 2.45) is 0 Å². The second kappa shape index (κ2) is 10.8. The Morgan fingerprint density at radius 3 is 2.45 bits per heavy atom. The van der Waals surface area contributed by atoms with Crippen LogP contribution < -0.4 is 9.47 Å². The number of halogens is 1. The molecule has 4 nitrogen and oxygen atoms in total. The molecule has 0 aromatic heterocycles. The van der Waals surface area contributed by atoms with Crippen molar-refractivity contribution in [3.05, 3.63) is 89.0 Å². The smallest absolute Gasteiger partial charge is 0.189 e. The Morgan fingerprint density at radius 1 is 1.00 bits per heavy atom. The van der Waals surface area contributed by atoms with Gasteiger partial charge in [-0.05, 0) is 73.3 Å². The first-order valence-corrected chi connectivity index (χ1v) is 10.4. The minimum absolute atomic E-state index is 0.149. The highest BCUT2D eigenvalue weighted by molar-refractivity contribution is 6.32. The van der Waals surface area contributed by atoms with Crippen LogP contribution >= 0.6 is 11.6 Å². The van der Waals surface area contributed by atoms with Gasteiger partial charge in [-0.25, -0.2) is 0 Å². The highest BCUT2D eigenvalue weighted by Gasteiger charge is 2.13. The van der Waals surface area contributed by atoms with E-state index in [2.05, 4.69) is 0 Å². The lowest BCUT2D eigenvalue weighted by atomic mass is 10.00. The number of hydrogen-bond acceptors (Lipinski definition) is 4. The van der Waals surface area contributed by atoms with Gasteiger partial charge in [0.1, 0.15) is 18.1 Å². The number of carbonyl (C=O) groups excluding carboxylic acids is 1. The standard InChI is InChI=1S/C26H26ClNO3/c1-28(2)15-16-31-26-14-11-21(19-7-5-4-6-8-19)17-23(26)25(29)13-10-20-9-12-22(30-3)18-24(20)27/h4-14,17-18H,15-16H2,1-3H3. The Morgan fingerprint density at radius 2 is 1.77 bits per heavy atom. The predicted octanol–water partition coefficient (Wildman–Crippen LogP) is 5.85. The third kappa shape index (κ3) is 6.20. The first-order chi connectivity index (χ1) is 15.0. The molecule has 0 aliphatic carbocycles. The average molecular weight is 436 g/mol. The summed E-state index contributed by atoms with van der Waals surface area (Å²) >= 11 is 6.30. The summed E-state index contributed by atoms with van der Waals surface area (Å²) < 4.78 is 11.1. The number of methoxy groups -OCH3 is 1. The van der Waals surface area contributed by atoms with Crippen LogP contribution in [0.4, 0.5) is 0 Å². The van der Waals surface area contributed by atoms with E-state index in [1.165, 1.54) is 6.08 Å². The molecule has 160 valence electrons. The minimum atomic E-state index is -0.149. The van der Waals surface area contributed by atoms with E-state index in [4.69, 9.17) is 21.1 Å². The fourth-order valence-electron chi connectivity index (χ4n) is 3.02. The number of nitrogens with zero attached hydrogens (tertiary/aromatic N) is 1. The molecule has 0 N–H and O–H groups in total. The second-order valence-corrected chi connectivity index (χ2v) is 7.72. The Kier molecular flexibility index (Phi) is 7.88. The van der Waals surface area contributed by atoms with Gasteiger partial charge in [0, 0.05) is 6.54 Å². The SMILES string of the molecule is COc1ccc(C=CC(=O)c2cc(-c3ccccc3)ccc2OCCN(C)C)c(Cl)c1. The van der Waals surface area contributed by atoms with Crippen LogP contribution in [0.15, 0.2) is 72.8 Å². The second-order valence-electron chi connectivity index (χ2n) is 7.31. The van der Waals surface area contributed by atoms with Gasteiger partial charge in [0.2, 0.25) is 0 Å². The average Bonchev–Trinajstić information content (AvgIpc) is 2.78. The highest BCUT2D eigenvalue weighted by Crippen LogP contribution is 2.28. The van der Waals surface area contributed by atoms with Gasteiger partial charge in [0.25, 0.3) is 0 Å². The topological polar surface area (TPSA) is 38.8 Å². The zero-order valence-corrected chi connectivity index (χ0v) is 18.7. The molecule has 0 spiro atoms. The number of ether oxygens (including phenoxy) is 2. The van der Waals surface area contributed by atoms with Gasteiger partial charge in [-0.1, -0.05) is 48.0 Å². The summed E-state index contributed by atoms with van der Waals surface area (Å²) in [5, 5.41) is 0.517. The molecule has 0 atom stereocenters. The van der Waals surface area contributed by atoms with Crippen molar-refractivity contribution < 1.29 is 14.3 Å². The van der Waals surface area contributed by atoms with E-state index < -0.39 is 0 Å². The van der Waals surface area contributed by atoms with Crippen LogP contribution in [0.25, 0.3) is 17.2 Å². The maximum Gasteiger partial charge on any atom is 0.189 e. The summed E-state index contributed by atoms with van der Waals surface area (Å²) in [4.78, 5) is 15.1. The van der Waals surface area contributed by atoms with E-state index in [1.807, 2.05) is 79.7 Å². The fourth-order valence-corrected chi connectivity index (χ4v) is 3.26. The molecule has 31 heavy (non-hydrogen) atoms. The summed E-state index contributed by atoms with van der Waals surface area (Å²) in [7, 11) is 5.55. The van der Waals surface area contributed by atoms with Gasteiger partial charge in [-0.15, -0.1) is 0 Å². The lowest BCUT2D eigenvalue weighted by Crippen LogP contribution is -2.20. The van der Waals surface area contributed by atoms with Crippen LogP contribution in [-0.4, -0.2) is 45.0 Å². The van der Waals surface area contributed by atoms with Gasteiger partial charge in [0.15, 0.2) is 5.78 Å². The molecule has 3 aromatic carbocycles. The maximum atomic E-state index is 13.1. The van der Waals surface area contributed by atoms with Crippen LogP contribution in [-0.2, 0) is 0 Å². The van der Waals surface area contributed by atoms with Crippen LogP contribution in [0.5, 0.6) is 11.5 Å². The number of allylic oxidation sites excluding steroid dienone is 1. The van der Waals surface area contributed by atoms with Crippen molar-refractivity contribution >= 4 is 23.5 Å². The molecule has 3 rings (SSSR count).